The number of nitrogens with two attached hydrogens (primary N) is 1. The Morgan fingerprint density at radius 3 is 2.28 bits per heavy atom. The summed E-state index contributed by atoms with van der Waals surface area (Å²) < 4.78 is 0. The number of aromatic hydroxyl groups is 1. The summed E-state index contributed by atoms with van der Waals surface area (Å²) in [6.45, 7) is 3.78. The van der Waals surface area contributed by atoms with Gasteiger partial charge in [-0.25, -0.2) is 4.79 Å². The van der Waals surface area contributed by atoms with Crippen molar-refractivity contribution in [3.05, 3.63) is 24.3 Å². The van der Waals surface area contributed by atoms with Gasteiger partial charge in [-0.2, -0.15) is 0 Å². The lowest BCUT2D eigenvalue weighted by atomic mass is 10.1. The van der Waals surface area contributed by atoms with Crippen LogP contribution in [0.1, 0.15) is 13.8 Å². The van der Waals surface area contributed by atoms with Crippen molar-refractivity contribution in [2.75, 3.05) is 0 Å². The summed E-state index contributed by atoms with van der Waals surface area (Å²) >= 11 is 1.32. The first-order valence-corrected chi connectivity index (χ1v) is 6.34. The van der Waals surface area contributed by atoms with Gasteiger partial charge in [-0.3, -0.25) is 10.1 Å². The lowest BCUT2D eigenvalue weighted by Gasteiger charge is -2.18. The van der Waals surface area contributed by atoms with Crippen LogP contribution < -0.4 is 11.1 Å². The van der Waals surface area contributed by atoms with Crippen molar-refractivity contribution in [3.8, 4) is 5.75 Å². The van der Waals surface area contributed by atoms with Crippen LogP contribution in [0.15, 0.2) is 29.2 Å². The minimum Gasteiger partial charge on any atom is -0.508 e. The third kappa shape index (κ3) is 4.29. The molecular formula is C12H16N2O3S. The first-order valence-electron chi connectivity index (χ1n) is 5.46. The van der Waals surface area contributed by atoms with Gasteiger partial charge < -0.3 is 10.8 Å². The zero-order chi connectivity index (χ0) is 13.7. The van der Waals surface area contributed by atoms with E-state index in [0.29, 0.717) is 0 Å². The molecule has 0 saturated heterocycles. The molecule has 0 aliphatic rings. The molecule has 18 heavy (non-hydrogen) atoms. The van der Waals surface area contributed by atoms with E-state index in [4.69, 9.17) is 5.73 Å². The van der Waals surface area contributed by atoms with Crippen LogP contribution in [0, 0.1) is 5.92 Å². The van der Waals surface area contributed by atoms with Gasteiger partial charge in [0.05, 0.1) is 5.25 Å². The van der Waals surface area contributed by atoms with Crippen molar-refractivity contribution < 1.29 is 14.7 Å². The molecule has 0 unspecified atom stereocenters. The number of carbonyl (C=O) groups excluding carboxylic acids is 2. The lowest BCUT2D eigenvalue weighted by molar-refractivity contribution is -0.120. The zero-order valence-corrected chi connectivity index (χ0v) is 11.0. The largest absolute Gasteiger partial charge is 0.508 e. The number of amides is 3. The summed E-state index contributed by atoms with van der Waals surface area (Å²) in [6.07, 6.45) is 0. The van der Waals surface area contributed by atoms with Crippen LogP contribution in [0.4, 0.5) is 4.79 Å². The SMILES string of the molecule is CC(C)[C@H](Sc1ccc(O)cc1)C(=O)NC(N)=O. The highest BCUT2D eigenvalue weighted by atomic mass is 32.2. The third-order valence-electron chi connectivity index (χ3n) is 2.21. The standard InChI is InChI=1S/C12H16N2O3S/c1-7(2)10(11(16)14-12(13)17)18-9-5-3-8(15)4-6-9/h3-7,10,15H,1-2H3,(H3,13,14,16,17)/t10-/m0/s1. The Kier molecular flexibility index (Phi) is 5.03. The van der Waals surface area contributed by atoms with Crippen molar-refractivity contribution in [1.82, 2.24) is 5.32 Å². The fourth-order valence-corrected chi connectivity index (χ4v) is 2.38. The van der Waals surface area contributed by atoms with E-state index in [1.54, 1.807) is 24.3 Å². The van der Waals surface area contributed by atoms with E-state index >= 15 is 0 Å². The maximum Gasteiger partial charge on any atom is 0.318 e. The Balaban J connectivity index is 2.77. The number of hydrogen-bond donors (Lipinski definition) is 3. The van der Waals surface area contributed by atoms with Crippen molar-refractivity contribution >= 4 is 23.7 Å². The molecular weight excluding hydrogens is 252 g/mol. The number of carbonyl (C=O) groups is 2. The van der Waals surface area contributed by atoms with E-state index in [-0.39, 0.29) is 11.7 Å². The molecule has 4 N–H and O–H groups in total. The number of benzene rings is 1. The fraction of sp³-hybridized carbons (Fsp3) is 0.333. The molecule has 0 spiro atoms. The summed E-state index contributed by atoms with van der Waals surface area (Å²) in [5, 5.41) is 10.8. The Morgan fingerprint density at radius 2 is 1.83 bits per heavy atom. The normalized spacial score (nSPS) is 12.2. The Hall–Kier alpha value is -1.69. The quantitative estimate of drug-likeness (QED) is 0.725. The molecule has 3 amide bonds. The van der Waals surface area contributed by atoms with Crippen molar-refractivity contribution in [3.63, 3.8) is 0 Å². The summed E-state index contributed by atoms with van der Waals surface area (Å²) in [7, 11) is 0. The fourth-order valence-electron chi connectivity index (χ4n) is 1.36. The van der Waals surface area contributed by atoms with Gasteiger partial charge in [0, 0.05) is 4.90 Å². The minimum atomic E-state index is -0.850. The average molecular weight is 268 g/mol. The predicted octanol–water partition coefficient (Wildman–Crippen LogP) is 1.70. The van der Waals surface area contributed by atoms with Gasteiger partial charge in [0.15, 0.2) is 0 Å². The van der Waals surface area contributed by atoms with E-state index in [9.17, 15) is 14.7 Å². The number of urea groups is 1. The molecule has 1 aromatic rings. The highest BCUT2D eigenvalue weighted by molar-refractivity contribution is 8.00. The molecule has 0 bridgehead atoms. The Morgan fingerprint density at radius 1 is 1.28 bits per heavy atom. The van der Waals surface area contributed by atoms with E-state index < -0.39 is 17.2 Å². The molecule has 0 aliphatic carbocycles. The molecule has 0 radical (unpaired) electrons. The first kappa shape index (κ1) is 14.4. The van der Waals surface area contributed by atoms with Crippen molar-refractivity contribution in [2.45, 2.75) is 24.0 Å². The molecule has 0 heterocycles. The molecule has 0 aromatic heterocycles. The number of thioether (sulfide) groups is 1. The molecule has 98 valence electrons. The summed E-state index contributed by atoms with van der Waals surface area (Å²) in [6, 6.07) is 5.68. The number of phenolic OH excluding ortho intramolecular Hbond substituents is 1. The summed E-state index contributed by atoms with van der Waals surface area (Å²) in [5.74, 6) is -0.194. The molecule has 5 nitrogen and oxygen atoms in total. The Labute approximate surface area is 110 Å². The van der Waals surface area contributed by atoms with E-state index in [0.717, 1.165) is 4.90 Å². The smallest absolute Gasteiger partial charge is 0.318 e. The highest BCUT2D eigenvalue weighted by Crippen LogP contribution is 2.29. The lowest BCUT2D eigenvalue weighted by Crippen LogP contribution is -2.42. The monoisotopic (exact) mass is 268 g/mol. The van der Waals surface area contributed by atoms with Crippen LogP contribution in [0.25, 0.3) is 0 Å². The van der Waals surface area contributed by atoms with Crippen molar-refractivity contribution in [2.24, 2.45) is 11.7 Å². The van der Waals surface area contributed by atoms with Crippen LogP contribution in [0.2, 0.25) is 0 Å². The second-order valence-electron chi connectivity index (χ2n) is 4.13. The molecule has 6 heteroatoms. The number of primary amides is 1. The second kappa shape index (κ2) is 6.30. The predicted molar refractivity (Wildman–Crippen MR) is 70.3 cm³/mol. The molecule has 0 saturated carbocycles. The van der Waals surface area contributed by atoms with E-state index in [2.05, 4.69) is 5.32 Å². The number of rotatable bonds is 4. The van der Waals surface area contributed by atoms with Crippen LogP contribution in [-0.4, -0.2) is 22.3 Å². The number of hydrogen-bond acceptors (Lipinski definition) is 4. The van der Waals surface area contributed by atoms with Gasteiger partial charge in [-0.15, -0.1) is 11.8 Å². The number of nitrogens with one attached hydrogen (secondary N) is 1. The van der Waals surface area contributed by atoms with Gasteiger partial charge in [-0.1, -0.05) is 13.8 Å². The van der Waals surface area contributed by atoms with Crippen molar-refractivity contribution in [1.29, 1.82) is 0 Å². The van der Waals surface area contributed by atoms with Gasteiger partial charge in [0.25, 0.3) is 0 Å². The summed E-state index contributed by atoms with van der Waals surface area (Å²) in [4.78, 5) is 23.3. The van der Waals surface area contributed by atoms with Gasteiger partial charge in [0.1, 0.15) is 5.75 Å². The maximum absolute atomic E-state index is 11.8. The minimum absolute atomic E-state index is 0.0446. The summed E-state index contributed by atoms with van der Waals surface area (Å²) in [5.41, 5.74) is 4.93. The Bertz CT molecular complexity index is 431. The third-order valence-corrected chi connectivity index (χ3v) is 3.77. The zero-order valence-electron chi connectivity index (χ0n) is 10.2. The van der Waals surface area contributed by atoms with Gasteiger partial charge >= 0.3 is 6.03 Å². The molecule has 1 aromatic carbocycles. The van der Waals surface area contributed by atoms with Crippen LogP contribution in [0.3, 0.4) is 0 Å². The van der Waals surface area contributed by atoms with Crippen LogP contribution in [-0.2, 0) is 4.79 Å². The highest BCUT2D eigenvalue weighted by Gasteiger charge is 2.24. The van der Waals surface area contributed by atoms with E-state index in [1.807, 2.05) is 13.8 Å². The second-order valence-corrected chi connectivity index (χ2v) is 5.34. The topological polar surface area (TPSA) is 92.4 Å². The first-order chi connectivity index (χ1) is 8.40. The number of imide groups is 1. The molecule has 0 aliphatic heterocycles. The van der Waals surface area contributed by atoms with Gasteiger partial charge in [0.2, 0.25) is 5.91 Å². The number of phenols is 1. The average Bonchev–Trinajstić information content (AvgIpc) is 2.26. The molecule has 1 rings (SSSR count). The van der Waals surface area contributed by atoms with E-state index in [1.165, 1.54) is 11.8 Å². The maximum atomic E-state index is 11.8. The van der Waals surface area contributed by atoms with Gasteiger partial charge in [-0.05, 0) is 30.2 Å². The molecule has 0 fully saturated rings. The molecule has 1 atom stereocenters. The van der Waals surface area contributed by atoms with Crippen LogP contribution in [0.5, 0.6) is 5.75 Å². The van der Waals surface area contributed by atoms with Crippen LogP contribution >= 0.6 is 11.8 Å².